The number of sulfonamides is 1. The summed E-state index contributed by atoms with van der Waals surface area (Å²) >= 11 is 0. The van der Waals surface area contributed by atoms with Crippen molar-refractivity contribution in [1.29, 1.82) is 0 Å². The molecule has 3 N–H and O–H groups in total. The molecule has 0 fully saturated rings. The van der Waals surface area contributed by atoms with Gasteiger partial charge in [-0.15, -0.1) is 0 Å². The van der Waals surface area contributed by atoms with Crippen LogP contribution in [0.25, 0.3) is 0 Å². The molecule has 0 saturated heterocycles. The van der Waals surface area contributed by atoms with E-state index in [1.807, 2.05) is 0 Å². The first-order chi connectivity index (χ1) is 8.81. The average molecular weight is 288 g/mol. The molecule has 19 heavy (non-hydrogen) atoms. The third-order valence-corrected chi connectivity index (χ3v) is 2.96. The fourth-order valence-corrected chi connectivity index (χ4v) is 1.88. The molecule has 0 radical (unpaired) electrons. The summed E-state index contributed by atoms with van der Waals surface area (Å²) in [5, 5.41) is 16.5. The second-order valence-corrected chi connectivity index (χ2v) is 5.70. The molecule has 0 aliphatic carbocycles. The number of nitrogens with zero attached hydrogens (tertiary/aromatic N) is 1. The van der Waals surface area contributed by atoms with Crippen molar-refractivity contribution in [1.82, 2.24) is 4.72 Å². The molecule has 8 nitrogen and oxygen atoms in total. The fraction of sp³-hybridized carbons (Fsp3) is 0.400. The lowest BCUT2D eigenvalue weighted by Gasteiger charge is -2.09. The summed E-state index contributed by atoms with van der Waals surface area (Å²) in [7, 11) is -1.56. The maximum atomic E-state index is 10.8. The first-order valence-electron chi connectivity index (χ1n) is 5.47. The summed E-state index contributed by atoms with van der Waals surface area (Å²) < 4.78 is 24.0. The van der Waals surface area contributed by atoms with Gasteiger partial charge in [0.2, 0.25) is 10.0 Å². The van der Waals surface area contributed by atoms with Crippen LogP contribution in [0.2, 0.25) is 0 Å². The molecule has 0 bridgehead atoms. The minimum atomic E-state index is -3.22. The Morgan fingerprint density at radius 3 is 2.37 bits per heavy atom. The highest BCUT2D eigenvalue weighted by Crippen LogP contribution is 2.23. The number of rotatable bonds is 7. The molecule has 0 atom stereocenters. The fourth-order valence-electron chi connectivity index (χ4n) is 1.41. The monoisotopic (exact) mass is 288 g/mol. The first-order valence-corrected chi connectivity index (χ1v) is 7.37. The van der Waals surface area contributed by atoms with E-state index < -0.39 is 14.9 Å². The van der Waals surface area contributed by atoms with Crippen LogP contribution in [0.15, 0.2) is 18.2 Å². The third kappa shape index (κ3) is 5.53. The molecule has 0 amide bonds. The van der Waals surface area contributed by atoms with Gasteiger partial charge < -0.3 is 10.6 Å². The topological polar surface area (TPSA) is 113 Å². The Morgan fingerprint density at radius 2 is 1.84 bits per heavy atom. The molecular formula is C10H16N4O4S. The van der Waals surface area contributed by atoms with E-state index >= 15 is 0 Å². The van der Waals surface area contributed by atoms with Crippen LogP contribution >= 0.6 is 0 Å². The van der Waals surface area contributed by atoms with Gasteiger partial charge >= 0.3 is 0 Å². The summed E-state index contributed by atoms with van der Waals surface area (Å²) in [6, 6.07) is 4.51. The van der Waals surface area contributed by atoms with Gasteiger partial charge in [0, 0.05) is 43.6 Å². The number of anilines is 2. The van der Waals surface area contributed by atoms with Crippen molar-refractivity contribution in [2.24, 2.45) is 0 Å². The summed E-state index contributed by atoms with van der Waals surface area (Å²) in [6.45, 7) is 0.536. The predicted octanol–water partition coefficient (Wildman–Crippen LogP) is 0.598. The standard InChI is InChI=1S/C10H16N4O4S/c1-11-8-5-9(7-10(6-8)14(15)16)12-3-4-13-19(2,17)18/h5-7,11-13H,3-4H2,1-2H3. The molecule has 1 aromatic rings. The van der Waals surface area contributed by atoms with Crippen LogP contribution in [0.5, 0.6) is 0 Å². The zero-order chi connectivity index (χ0) is 14.5. The second kappa shape index (κ2) is 6.34. The molecule has 0 spiro atoms. The Balaban J connectivity index is 2.67. The van der Waals surface area contributed by atoms with Crippen molar-refractivity contribution in [2.75, 3.05) is 37.0 Å². The van der Waals surface area contributed by atoms with Crippen LogP contribution in [0, 0.1) is 10.1 Å². The van der Waals surface area contributed by atoms with E-state index in [1.54, 1.807) is 13.1 Å². The van der Waals surface area contributed by atoms with Gasteiger partial charge in [-0.3, -0.25) is 10.1 Å². The zero-order valence-corrected chi connectivity index (χ0v) is 11.5. The highest BCUT2D eigenvalue weighted by Gasteiger charge is 2.09. The van der Waals surface area contributed by atoms with Crippen molar-refractivity contribution in [3.05, 3.63) is 28.3 Å². The quantitative estimate of drug-likeness (QED) is 0.384. The third-order valence-electron chi connectivity index (χ3n) is 2.24. The van der Waals surface area contributed by atoms with Gasteiger partial charge in [-0.2, -0.15) is 0 Å². The number of hydrogen-bond donors (Lipinski definition) is 3. The van der Waals surface area contributed by atoms with Gasteiger partial charge in [0.1, 0.15) is 0 Å². The van der Waals surface area contributed by atoms with Crippen LogP contribution in [-0.2, 0) is 10.0 Å². The van der Waals surface area contributed by atoms with Gasteiger partial charge in [-0.1, -0.05) is 0 Å². The Labute approximate surface area is 111 Å². The van der Waals surface area contributed by atoms with E-state index in [1.165, 1.54) is 12.1 Å². The maximum Gasteiger partial charge on any atom is 0.273 e. The van der Waals surface area contributed by atoms with Crippen LogP contribution in [0.1, 0.15) is 0 Å². The SMILES string of the molecule is CNc1cc(NCCNS(C)(=O)=O)cc([N+](=O)[O-])c1. The molecule has 0 saturated carbocycles. The molecular weight excluding hydrogens is 272 g/mol. The minimum absolute atomic E-state index is 0.0366. The van der Waals surface area contributed by atoms with Crippen LogP contribution in [0.4, 0.5) is 17.1 Å². The molecule has 0 heterocycles. The molecule has 1 rings (SSSR count). The highest BCUT2D eigenvalue weighted by molar-refractivity contribution is 7.88. The van der Waals surface area contributed by atoms with Crippen LogP contribution in [0.3, 0.4) is 0 Å². The summed E-state index contributed by atoms with van der Waals surface area (Å²) in [5.74, 6) is 0. The minimum Gasteiger partial charge on any atom is -0.388 e. The van der Waals surface area contributed by atoms with Crippen LogP contribution < -0.4 is 15.4 Å². The van der Waals surface area contributed by atoms with E-state index in [0.29, 0.717) is 17.9 Å². The van der Waals surface area contributed by atoms with Crippen molar-refractivity contribution in [3.8, 4) is 0 Å². The Kier molecular flexibility index (Phi) is 5.07. The average Bonchev–Trinajstić information content (AvgIpc) is 2.33. The molecule has 0 unspecified atom stereocenters. The van der Waals surface area contributed by atoms with Gasteiger partial charge in [-0.25, -0.2) is 13.1 Å². The lowest BCUT2D eigenvalue weighted by atomic mass is 10.2. The summed E-state index contributed by atoms with van der Waals surface area (Å²) in [5.41, 5.74) is 1.12. The number of nitrogens with one attached hydrogen (secondary N) is 3. The smallest absolute Gasteiger partial charge is 0.273 e. The number of benzene rings is 1. The van der Waals surface area contributed by atoms with E-state index in [2.05, 4.69) is 15.4 Å². The Morgan fingerprint density at radius 1 is 1.21 bits per heavy atom. The molecule has 1 aromatic carbocycles. The van der Waals surface area contributed by atoms with Crippen molar-refractivity contribution in [3.63, 3.8) is 0 Å². The molecule has 9 heteroatoms. The number of nitro benzene ring substituents is 1. The van der Waals surface area contributed by atoms with E-state index in [-0.39, 0.29) is 12.2 Å². The largest absolute Gasteiger partial charge is 0.388 e. The van der Waals surface area contributed by atoms with Crippen LogP contribution in [-0.4, -0.2) is 39.7 Å². The Hall–Kier alpha value is -1.87. The molecule has 0 aromatic heterocycles. The number of non-ortho nitro benzene ring substituents is 1. The normalized spacial score (nSPS) is 11.1. The highest BCUT2D eigenvalue weighted by atomic mass is 32.2. The van der Waals surface area contributed by atoms with Gasteiger partial charge in [-0.05, 0) is 6.07 Å². The number of hydrogen-bond acceptors (Lipinski definition) is 6. The van der Waals surface area contributed by atoms with E-state index in [0.717, 1.165) is 6.26 Å². The maximum absolute atomic E-state index is 10.8. The lowest BCUT2D eigenvalue weighted by molar-refractivity contribution is -0.384. The van der Waals surface area contributed by atoms with Crippen molar-refractivity contribution in [2.45, 2.75) is 0 Å². The van der Waals surface area contributed by atoms with Gasteiger partial charge in [0.15, 0.2) is 0 Å². The lowest BCUT2D eigenvalue weighted by Crippen LogP contribution is -2.27. The van der Waals surface area contributed by atoms with Gasteiger partial charge in [0.05, 0.1) is 11.2 Å². The predicted molar refractivity (Wildman–Crippen MR) is 74.0 cm³/mol. The zero-order valence-electron chi connectivity index (χ0n) is 10.6. The summed E-state index contributed by atoms with van der Waals surface area (Å²) in [4.78, 5) is 10.3. The Bertz CT molecular complexity index is 559. The number of nitro groups is 1. The molecule has 0 aliphatic heterocycles. The van der Waals surface area contributed by atoms with E-state index in [4.69, 9.17) is 0 Å². The van der Waals surface area contributed by atoms with Crippen molar-refractivity contribution >= 4 is 27.1 Å². The first kappa shape index (κ1) is 15.2. The van der Waals surface area contributed by atoms with E-state index in [9.17, 15) is 18.5 Å². The summed E-state index contributed by atoms with van der Waals surface area (Å²) in [6.07, 6.45) is 1.07. The molecule has 0 aliphatic rings. The van der Waals surface area contributed by atoms with Gasteiger partial charge in [0.25, 0.3) is 5.69 Å². The second-order valence-electron chi connectivity index (χ2n) is 3.87. The molecule has 106 valence electrons. The van der Waals surface area contributed by atoms with Crippen molar-refractivity contribution < 1.29 is 13.3 Å².